The van der Waals surface area contributed by atoms with Gasteiger partial charge in [0.15, 0.2) is 0 Å². The minimum Gasteiger partial charge on any atom is -0.353 e. The van der Waals surface area contributed by atoms with Gasteiger partial charge in [-0.25, -0.2) is 0 Å². The molecule has 22 heavy (non-hydrogen) atoms. The van der Waals surface area contributed by atoms with E-state index in [-0.39, 0.29) is 17.9 Å². The number of amides is 2. The lowest BCUT2D eigenvalue weighted by atomic mass is 10.2. The normalized spacial score (nSPS) is 15.9. The average molecular weight is 324 g/mol. The first kappa shape index (κ1) is 16.8. The number of rotatable bonds is 4. The van der Waals surface area contributed by atoms with Crippen LogP contribution >= 0.6 is 11.6 Å². The summed E-state index contributed by atoms with van der Waals surface area (Å²) in [6.07, 6.45) is 0. The maximum Gasteiger partial charge on any atom is 0.253 e. The van der Waals surface area contributed by atoms with E-state index >= 15 is 0 Å². The van der Waals surface area contributed by atoms with Crippen molar-refractivity contribution in [2.24, 2.45) is 0 Å². The van der Waals surface area contributed by atoms with E-state index in [4.69, 9.17) is 11.6 Å². The third-order valence-electron chi connectivity index (χ3n) is 3.55. The predicted octanol–water partition coefficient (Wildman–Crippen LogP) is 1.62. The molecule has 1 aromatic carbocycles. The van der Waals surface area contributed by atoms with Crippen molar-refractivity contribution in [1.29, 1.82) is 0 Å². The van der Waals surface area contributed by atoms with Crippen LogP contribution < -0.4 is 5.32 Å². The van der Waals surface area contributed by atoms with Crippen LogP contribution in [-0.2, 0) is 4.79 Å². The van der Waals surface area contributed by atoms with Gasteiger partial charge >= 0.3 is 0 Å². The van der Waals surface area contributed by atoms with E-state index in [9.17, 15) is 9.59 Å². The molecule has 0 bridgehead atoms. The highest BCUT2D eigenvalue weighted by atomic mass is 35.5. The fourth-order valence-corrected chi connectivity index (χ4v) is 2.67. The van der Waals surface area contributed by atoms with Crippen molar-refractivity contribution in [1.82, 2.24) is 15.1 Å². The topological polar surface area (TPSA) is 52.7 Å². The van der Waals surface area contributed by atoms with E-state index < -0.39 is 0 Å². The highest BCUT2D eigenvalue weighted by molar-refractivity contribution is 6.30. The summed E-state index contributed by atoms with van der Waals surface area (Å²) in [5, 5.41) is 3.44. The Balaban J connectivity index is 1.84. The van der Waals surface area contributed by atoms with Gasteiger partial charge in [0.2, 0.25) is 5.91 Å². The van der Waals surface area contributed by atoms with Crippen LogP contribution in [0.3, 0.4) is 0 Å². The number of hydrogen-bond donors (Lipinski definition) is 1. The standard InChI is InChI=1S/C16H22ClN3O2/c1-12(2)18-15(21)11-19-6-8-20(9-7-19)16(22)13-4-3-5-14(17)10-13/h3-5,10,12H,6-9,11H2,1-2H3,(H,18,21). The number of nitrogens with zero attached hydrogens (tertiary/aromatic N) is 2. The molecule has 0 atom stereocenters. The fraction of sp³-hybridized carbons (Fsp3) is 0.500. The number of piperazine rings is 1. The summed E-state index contributed by atoms with van der Waals surface area (Å²) in [7, 11) is 0. The molecule has 1 N–H and O–H groups in total. The first-order valence-corrected chi connectivity index (χ1v) is 7.90. The number of carbonyl (C=O) groups excluding carboxylic acids is 2. The molecule has 2 rings (SSSR count). The van der Waals surface area contributed by atoms with Gasteiger partial charge in [-0.3, -0.25) is 14.5 Å². The smallest absolute Gasteiger partial charge is 0.253 e. The van der Waals surface area contributed by atoms with E-state index in [1.807, 2.05) is 18.7 Å². The molecule has 1 saturated heterocycles. The summed E-state index contributed by atoms with van der Waals surface area (Å²) in [5.41, 5.74) is 0.610. The van der Waals surface area contributed by atoms with Crippen LogP contribution in [0.25, 0.3) is 0 Å². The van der Waals surface area contributed by atoms with Crippen molar-refractivity contribution in [3.8, 4) is 0 Å². The molecule has 1 aliphatic heterocycles. The molecule has 120 valence electrons. The van der Waals surface area contributed by atoms with Crippen molar-refractivity contribution in [3.05, 3.63) is 34.9 Å². The maximum atomic E-state index is 12.4. The number of halogens is 1. The van der Waals surface area contributed by atoms with Gasteiger partial charge in [-0.1, -0.05) is 17.7 Å². The molecule has 6 heteroatoms. The van der Waals surface area contributed by atoms with E-state index in [2.05, 4.69) is 10.2 Å². The summed E-state index contributed by atoms with van der Waals surface area (Å²) >= 11 is 5.93. The second-order valence-corrected chi connectivity index (χ2v) is 6.24. The molecule has 1 aliphatic rings. The van der Waals surface area contributed by atoms with Gasteiger partial charge in [-0.2, -0.15) is 0 Å². The van der Waals surface area contributed by atoms with Crippen molar-refractivity contribution in [2.75, 3.05) is 32.7 Å². The average Bonchev–Trinajstić information content (AvgIpc) is 2.46. The zero-order valence-electron chi connectivity index (χ0n) is 13.0. The second kappa shape index (κ2) is 7.61. The molecule has 0 aromatic heterocycles. The Hall–Kier alpha value is -1.59. The van der Waals surface area contributed by atoms with E-state index in [0.717, 1.165) is 0 Å². The van der Waals surface area contributed by atoms with Crippen molar-refractivity contribution in [3.63, 3.8) is 0 Å². The second-order valence-electron chi connectivity index (χ2n) is 5.80. The third kappa shape index (κ3) is 4.71. The molecule has 5 nitrogen and oxygen atoms in total. The zero-order valence-corrected chi connectivity index (χ0v) is 13.8. The van der Waals surface area contributed by atoms with Crippen molar-refractivity contribution >= 4 is 23.4 Å². The lowest BCUT2D eigenvalue weighted by Gasteiger charge is -2.34. The number of nitrogens with one attached hydrogen (secondary N) is 1. The Labute approximate surface area is 136 Å². The van der Waals surface area contributed by atoms with E-state index in [0.29, 0.717) is 43.3 Å². The predicted molar refractivity (Wildman–Crippen MR) is 87.1 cm³/mol. The molecule has 0 saturated carbocycles. The highest BCUT2D eigenvalue weighted by Gasteiger charge is 2.23. The van der Waals surface area contributed by atoms with Crippen LogP contribution in [0.15, 0.2) is 24.3 Å². The van der Waals surface area contributed by atoms with Gasteiger partial charge in [0, 0.05) is 42.8 Å². The van der Waals surface area contributed by atoms with Crippen LogP contribution in [0.1, 0.15) is 24.2 Å². The van der Waals surface area contributed by atoms with Gasteiger partial charge in [-0.15, -0.1) is 0 Å². The Bertz CT molecular complexity index is 540. The van der Waals surface area contributed by atoms with Crippen molar-refractivity contribution < 1.29 is 9.59 Å². The first-order valence-electron chi connectivity index (χ1n) is 7.52. The molecular weight excluding hydrogens is 302 g/mol. The lowest BCUT2D eigenvalue weighted by molar-refractivity contribution is -0.123. The van der Waals surface area contributed by atoms with Crippen LogP contribution in [0.5, 0.6) is 0 Å². The maximum absolute atomic E-state index is 12.4. The Morgan fingerprint density at radius 1 is 1.23 bits per heavy atom. The third-order valence-corrected chi connectivity index (χ3v) is 3.78. The number of benzene rings is 1. The number of carbonyl (C=O) groups is 2. The summed E-state index contributed by atoms with van der Waals surface area (Å²) in [6.45, 7) is 6.94. The van der Waals surface area contributed by atoms with Gasteiger partial charge in [0.05, 0.1) is 6.54 Å². The summed E-state index contributed by atoms with van der Waals surface area (Å²) in [4.78, 5) is 28.0. The molecule has 0 aliphatic carbocycles. The summed E-state index contributed by atoms with van der Waals surface area (Å²) in [5.74, 6) is 0.0263. The van der Waals surface area contributed by atoms with Crippen LogP contribution in [-0.4, -0.2) is 60.4 Å². The fourth-order valence-electron chi connectivity index (χ4n) is 2.48. The van der Waals surface area contributed by atoms with E-state index in [1.54, 1.807) is 24.3 Å². The molecule has 2 amide bonds. The van der Waals surface area contributed by atoms with Gasteiger partial charge < -0.3 is 10.2 Å². The first-order chi connectivity index (χ1) is 10.5. The Morgan fingerprint density at radius 3 is 2.50 bits per heavy atom. The highest BCUT2D eigenvalue weighted by Crippen LogP contribution is 2.14. The molecule has 0 radical (unpaired) electrons. The molecule has 0 spiro atoms. The lowest BCUT2D eigenvalue weighted by Crippen LogP contribution is -2.51. The minimum atomic E-state index is -0.00576. The van der Waals surface area contributed by atoms with E-state index in [1.165, 1.54) is 0 Å². The van der Waals surface area contributed by atoms with Crippen LogP contribution in [0, 0.1) is 0 Å². The quantitative estimate of drug-likeness (QED) is 0.916. The Morgan fingerprint density at radius 2 is 1.91 bits per heavy atom. The molecule has 0 unspecified atom stereocenters. The molecule has 1 aromatic rings. The van der Waals surface area contributed by atoms with Crippen LogP contribution in [0.2, 0.25) is 5.02 Å². The molecule has 1 heterocycles. The monoisotopic (exact) mass is 323 g/mol. The van der Waals surface area contributed by atoms with Gasteiger partial charge in [0.1, 0.15) is 0 Å². The molecular formula is C16H22ClN3O2. The summed E-state index contributed by atoms with van der Waals surface area (Å²) in [6, 6.07) is 7.15. The Kier molecular flexibility index (Phi) is 5.80. The summed E-state index contributed by atoms with van der Waals surface area (Å²) < 4.78 is 0. The zero-order chi connectivity index (χ0) is 16.1. The van der Waals surface area contributed by atoms with Crippen molar-refractivity contribution in [2.45, 2.75) is 19.9 Å². The minimum absolute atomic E-state index is 0.00576. The largest absolute Gasteiger partial charge is 0.353 e. The number of hydrogen-bond acceptors (Lipinski definition) is 3. The molecule has 1 fully saturated rings. The SMILES string of the molecule is CC(C)NC(=O)CN1CCN(C(=O)c2cccc(Cl)c2)CC1. The van der Waals surface area contributed by atoms with Crippen LogP contribution in [0.4, 0.5) is 0 Å². The van der Waals surface area contributed by atoms with Gasteiger partial charge in [-0.05, 0) is 32.0 Å². The van der Waals surface area contributed by atoms with Gasteiger partial charge in [0.25, 0.3) is 5.91 Å².